The molecule has 0 atom stereocenters. The van der Waals surface area contributed by atoms with Crippen molar-refractivity contribution in [2.75, 3.05) is 0 Å². The van der Waals surface area contributed by atoms with Crippen molar-refractivity contribution in [2.45, 2.75) is 30.5 Å². The molecule has 0 aliphatic rings. The molecule has 1 heterocycles. The minimum Gasteiger partial charge on any atom is -0.249 e. The lowest BCUT2D eigenvalue weighted by Gasteiger charge is -2.06. The van der Waals surface area contributed by atoms with Crippen LogP contribution in [0.15, 0.2) is 35.5 Å². The zero-order valence-electron chi connectivity index (χ0n) is 10.5. The second-order valence-electron chi connectivity index (χ2n) is 4.12. The predicted octanol–water partition coefficient (Wildman–Crippen LogP) is 1.80. The third-order valence-electron chi connectivity index (χ3n) is 2.61. The van der Waals surface area contributed by atoms with Gasteiger partial charge in [0.1, 0.15) is 23.7 Å². The first-order chi connectivity index (χ1) is 9.03. The first-order valence-electron chi connectivity index (χ1n) is 5.88. The second kappa shape index (κ2) is 5.48. The highest BCUT2D eigenvalue weighted by molar-refractivity contribution is 7.90. The Labute approximate surface area is 111 Å². The molecule has 0 N–H and O–H groups in total. The first kappa shape index (κ1) is 13.7. The summed E-state index contributed by atoms with van der Waals surface area (Å²) in [5.41, 5.74) is 0. The molecular weight excluding hydrogens is 269 g/mol. The normalized spacial score (nSPS) is 11.7. The third kappa shape index (κ3) is 3.17. The van der Waals surface area contributed by atoms with Crippen LogP contribution in [0.1, 0.15) is 19.2 Å². The molecule has 1 aromatic carbocycles. The third-order valence-corrected chi connectivity index (χ3v) is 4.22. The number of sulfone groups is 1. The number of aryl methyl sites for hydroxylation is 1. The van der Waals surface area contributed by atoms with Crippen LogP contribution in [0, 0.1) is 5.82 Å². The van der Waals surface area contributed by atoms with Crippen molar-refractivity contribution in [1.82, 2.24) is 14.8 Å². The van der Waals surface area contributed by atoms with E-state index in [9.17, 15) is 12.8 Å². The molecule has 2 aromatic rings. The van der Waals surface area contributed by atoms with Crippen molar-refractivity contribution in [3.8, 4) is 0 Å². The molecule has 0 aliphatic carbocycles. The summed E-state index contributed by atoms with van der Waals surface area (Å²) in [6.45, 7) is 2.57. The van der Waals surface area contributed by atoms with E-state index in [2.05, 4.69) is 10.1 Å². The number of benzene rings is 1. The maximum atomic E-state index is 13.1. The lowest BCUT2D eigenvalue weighted by Crippen LogP contribution is -2.12. The molecule has 0 saturated heterocycles. The Morgan fingerprint density at radius 1 is 1.37 bits per heavy atom. The fourth-order valence-corrected chi connectivity index (χ4v) is 3.02. The first-order valence-corrected chi connectivity index (χ1v) is 7.53. The fraction of sp³-hybridized carbons (Fsp3) is 0.333. The minimum absolute atomic E-state index is 0.0430. The summed E-state index contributed by atoms with van der Waals surface area (Å²) in [6, 6.07) is 4.96. The molecule has 0 radical (unpaired) electrons. The van der Waals surface area contributed by atoms with Crippen molar-refractivity contribution < 1.29 is 12.8 Å². The van der Waals surface area contributed by atoms with E-state index in [1.54, 1.807) is 4.68 Å². The van der Waals surface area contributed by atoms with Gasteiger partial charge in [0.2, 0.25) is 0 Å². The van der Waals surface area contributed by atoms with Crippen molar-refractivity contribution >= 4 is 9.84 Å². The van der Waals surface area contributed by atoms with E-state index in [4.69, 9.17) is 0 Å². The number of aromatic nitrogens is 3. The van der Waals surface area contributed by atoms with Crippen molar-refractivity contribution in [2.24, 2.45) is 0 Å². The average Bonchev–Trinajstić information content (AvgIpc) is 2.76. The molecular formula is C12H14FN3O2S. The van der Waals surface area contributed by atoms with Crippen molar-refractivity contribution in [3.63, 3.8) is 0 Å². The maximum Gasteiger partial charge on any atom is 0.185 e. The van der Waals surface area contributed by atoms with E-state index in [1.807, 2.05) is 6.92 Å². The van der Waals surface area contributed by atoms with Crippen LogP contribution < -0.4 is 0 Å². The summed E-state index contributed by atoms with van der Waals surface area (Å²) in [5.74, 6) is -0.488. The number of nitrogens with zero attached hydrogens (tertiary/aromatic N) is 3. The summed E-state index contributed by atoms with van der Waals surface area (Å²) < 4.78 is 39.0. The number of halogens is 1. The Bertz CT molecular complexity index is 667. The van der Waals surface area contributed by atoms with Crippen molar-refractivity contribution in [1.29, 1.82) is 0 Å². The lowest BCUT2D eigenvalue weighted by molar-refractivity contribution is 0.565. The maximum absolute atomic E-state index is 13.1. The topological polar surface area (TPSA) is 64.8 Å². The van der Waals surface area contributed by atoms with Crippen LogP contribution in [0.25, 0.3) is 0 Å². The molecule has 2 rings (SSSR count). The number of rotatable bonds is 5. The lowest BCUT2D eigenvalue weighted by atomic mass is 10.4. The molecule has 5 nitrogen and oxygen atoms in total. The number of hydrogen-bond donors (Lipinski definition) is 0. The Kier molecular flexibility index (Phi) is 3.94. The van der Waals surface area contributed by atoms with Crippen LogP contribution >= 0.6 is 0 Å². The quantitative estimate of drug-likeness (QED) is 0.839. The minimum atomic E-state index is -3.61. The van der Waals surface area contributed by atoms with E-state index in [0.717, 1.165) is 12.5 Å². The van der Waals surface area contributed by atoms with Gasteiger partial charge in [-0.25, -0.2) is 22.5 Å². The van der Waals surface area contributed by atoms with Crippen LogP contribution in [-0.2, 0) is 22.1 Å². The Morgan fingerprint density at radius 3 is 2.84 bits per heavy atom. The Balaban J connectivity index is 2.29. The summed E-state index contributed by atoms with van der Waals surface area (Å²) in [4.78, 5) is 3.90. The molecule has 1 aromatic heterocycles. The largest absolute Gasteiger partial charge is 0.249 e. The molecule has 0 aliphatic heterocycles. The van der Waals surface area contributed by atoms with Gasteiger partial charge in [0.15, 0.2) is 9.84 Å². The van der Waals surface area contributed by atoms with Crippen LogP contribution in [0.5, 0.6) is 0 Å². The molecule has 19 heavy (non-hydrogen) atoms. The molecule has 0 spiro atoms. The number of hydrogen-bond acceptors (Lipinski definition) is 4. The molecule has 0 fully saturated rings. The smallest absolute Gasteiger partial charge is 0.185 e. The van der Waals surface area contributed by atoms with Gasteiger partial charge in [0.25, 0.3) is 0 Å². The van der Waals surface area contributed by atoms with Gasteiger partial charge < -0.3 is 0 Å². The van der Waals surface area contributed by atoms with Gasteiger partial charge in [-0.05, 0) is 24.6 Å². The summed E-state index contributed by atoms with van der Waals surface area (Å²) in [5, 5.41) is 3.97. The summed E-state index contributed by atoms with van der Waals surface area (Å²) >= 11 is 0. The van der Waals surface area contributed by atoms with Gasteiger partial charge in [0, 0.05) is 6.54 Å². The molecule has 0 unspecified atom stereocenters. The zero-order chi connectivity index (χ0) is 13.9. The van der Waals surface area contributed by atoms with Crippen LogP contribution in [0.2, 0.25) is 0 Å². The van der Waals surface area contributed by atoms with Crippen LogP contribution in [-0.4, -0.2) is 23.2 Å². The van der Waals surface area contributed by atoms with E-state index >= 15 is 0 Å². The van der Waals surface area contributed by atoms with E-state index in [1.165, 1.54) is 24.5 Å². The Hall–Kier alpha value is -1.76. The highest BCUT2D eigenvalue weighted by Crippen LogP contribution is 2.16. The molecule has 0 amide bonds. The molecule has 0 saturated carbocycles. The van der Waals surface area contributed by atoms with Crippen LogP contribution in [0.4, 0.5) is 4.39 Å². The van der Waals surface area contributed by atoms with Crippen LogP contribution in [0.3, 0.4) is 0 Å². The van der Waals surface area contributed by atoms with Gasteiger partial charge in [-0.1, -0.05) is 13.0 Å². The fourth-order valence-electron chi connectivity index (χ4n) is 1.71. The van der Waals surface area contributed by atoms with Gasteiger partial charge in [-0.3, -0.25) is 0 Å². The molecule has 0 bridgehead atoms. The highest BCUT2D eigenvalue weighted by Gasteiger charge is 2.19. The van der Waals surface area contributed by atoms with Crippen molar-refractivity contribution in [3.05, 3.63) is 42.2 Å². The van der Waals surface area contributed by atoms with E-state index < -0.39 is 15.7 Å². The molecule has 7 heteroatoms. The SMILES string of the molecule is CCCn1ncnc1CS(=O)(=O)c1cccc(F)c1. The van der Waals surface area contributed by atoms with Gasteiger partial charge >= 0.3 is 0 Å². The monoisotopic (exact) mass is 283 g/mol. The Morgan fingerprint density at radius 2 is 2.16 bits per heavy atom. The standard InChI is InChI=1S/C12H14FN3O2S/c1-2-6-16-12(14-9-15-16)8-19(17,18)11-5-3-4-10(13)7-11/h3-5,7,9H,2,6,8H2,1H3. The summed E-state index contributed by atoms with van der Waals surface area (Å²) in [7, 11) is -3.61. The van der Waals surface area contributed by atoms with E-state index in [0.29, 0.717) is 12.4 Å². The second-order valence-corrected chi connectivity index (χ2v) is 6.11. The van der Waals surface area contributed by atoms with Gasteiger partial charge in [0.05, 0.1) is 4.90 Å². The van der Waals surface area contributed by atoms with Gasteiger partial charge in [-0.2, -0.15) is 5.10 Å². The highest BCUT2D eigenvalue weighted by atomic mass is 32.2. The predicted molar refractivity (Wildman–Crippen MR) is 67.6 cm³/mol. The van der Waals surface area contributed by atoms with Gasteiger partial charge in [-0.15, -0.1) is 0 Å². The average molecular weight is 283 g/mol. The molecule has 102 valence electrons. The van der Waals surface area contributed by atoms with E-state index in [-0.39, 0.29) is 10.6 Å². The zero-order valence-corrected chi connectivity index (χ0v) is 11.3. The summed E-state index contributed by atoms with van der Waals surface area (Å²) in [6.07, 6.45) is 2.16.